The highest BCUT2D eigenvalue weighted by Gasteiger charge is 2.16. The van der Waals surface area contributed by atoms with Gasteiger partial charge >= 0.3 is 6.03 Å². The number of amides is 2. The Morgan fingerprint density at radius 1 is 1.50 bits per heavy atom. The highest BCUT2D eigenvalue weighted by Crippen LogP contribution is 2.25. The van der Waals surface area contributed by atoms with E-state index in [4.69, 9.17) is 16.3 Å². The van der Waals surface area contributed by atoms with Gasteiger partial charge in [0.15, 0.2) is 5.82 Å². The van der Waals surface area contributed by atoms with Crippen LogP contribution in [0.5, 0.6) is 0 Å². The lowest BCUT2D eigenvalue weighted by Crippen LogP contribution is -2.33. The van der Waals surface area contributed by atoms with Crippen LogP contribution >= 0.6 is 11.6 Å². The van der Waals surface area contributed by atoms with Gasteiger partial charge in [-0.05, 0) is 31.5 Å². The van der Waals surface area contributed by atoms with Crippen molar-refractivity contribution in [1.29, 1.82) is 0 Å². The smallest absolute Gasteiger partial charge is 0.319 e. The molecule has 2 amide bonds. The van der Waals surface area contributed by atoms with Gasteiger partial charge in [0.1, 0.15) is 12.1 Å². The van der Waals surface area contributed by atoms with Crippen molar-refractivity contribution in [3.63, 3.8) is 0 Å². The van der Waals surface area contributed by atoms with Crippen molar-refractivity contribution >= 4 is 23.3 Å². The van der Waals surface area contributed by atoms with E-state index in [1.165, 1.54) is 6.07 Å². The van der Waals surface area contributed by atoms with E-state index < -0.39 is 11.8 Å². The Hall–Kier alpha value is -2.19. The van der Waals surface area contributed by atoms with Crippen LogP contribution in [0.4, 0.5) is 14.9 Å². The van der Waals surface area contributed by atoms with Crippen LogP contribution in [-0.2, 0) is 11.3 Å². The van der Waals surface area contributed by atoms with Gasteiger partial charge < -0.3 is 19.9 Å². The first-order valence-electron chi connectivity index (χ1n) is 7.32. The molecule has 9 heteroatoms. The zero-order valence-electron chi connectivity index (χ0n) is 13.6. The number of rotatable bonds is 6. The Morgan fingerprint density at radius 3 is 2.96 bits per heavy atom. The third kappa shape index (κ3) is 4.42. The van der Waals surface area contributed by atoms with Gasteiger partial charge in [-0.15, -0.1) is 10.2 Å². The number of nitrogens with zero attached hydrogens (tertiary/aromatic N) is 3. The van der Waals surface area contributed by atoms with E-state index in [1.807, 2.05) is 0 Å². The van der Waals surface area contributed by atoms with E-state index in [-0.39, 0.29) is 11.1 Å². The molecule has 0 radical (unpaired) electrons. The fraction of sp³-hybridized carbons (Fsp3) is 0.400. The lowest BCUT2D eigenvalue weighted by atomic mass is 10.2. The molecule has 130 valence electrons. The van der Waals surface area contributed by atoms with Gasteiger partial charge in [-0.2, -0.15) is 0 Å². The van der Waals surface area contributed by atoms with Crippen LogP contribution in [0.2, 0.25) is 5.02 Å². The van der Waals surface area contributed by atoms with Crippen molar-refractivity contribution in [3.05, 3.63) is 40.7 Å². The Balaban J connectivity index is 2.02. The number of benzene rings is 1. The number of halogens is 2. The maximum Gasteiger partial charge on any atom is 0.319 e. The maximum absolute atomic E-state index is 13.4. The molecule has 1 heterocycles. The standard InChI is InChI=1S/C15H19ClFN5O2/c1-9-6-13(11(16)7-12(9)17)20-15(23)19-10(2)14-21-18-8-22(14)4-5-24-3/h6-8,10H,4-5H2,1-3H3,(H2,19,20,23). The summed E-state index contributed by atoms with van der Waals surface area (Å²) in [6, 6.07) is 1.78. The fourth-order valence-corrected chi connectivity index (χ4v) is 2.33. The average molecular weight is 356 g/mol. The van der Waals surface area contributed by atoms with Gasteiger partial charge in [0.05, 0.1) is 23.4 Å². The van der Waals surface area contributed by atoms with E-state index in [1.54, 1.807) is 31.9 Å². The molecule has 1 aromatic heterocycles. The van der Waals surface area contributed by atoms with Gasteiger partial charge in [-0.1, -0.05) is 11.6 Å². The van der Waals surface area contributed by atoms with Crippen LogP contribution in [0, 0.1) is 12.7 Å². The van der Waals surface area contributed by atoms with E-state index >= 15 is 0 Å². The summed E-state index contributed by atoms with van der Waals surface area (Å²) >= 11 is 5.94. The van der Waals surface area contributed by atoms with Crippen LogP contribution in [0.1, 0.15) is 24.4 Å². The lowest BCUT2D eigenvalue weighted by molar-refractivity contribution is 0.185. The van der Waals surface area contributed by atoms with E-state index in [0.29, 0.717) is 30.2 Å². The molecule has 0 saturated carbocycles. The van der Waals surface area contributed by atoms with Crippen molar-refractivity contribution < 1.29 is 13.9 Å². The number of aromatic nitrogens is 3. The van der Waals surface area contributed by atoms with Crippen LogP contribution in [0.25, 0.3) is 0 Å². The quantitative estimate of drug-likeness (QED) is 0.834. The normalized spacial score (nSPS) is 12.0. The van der Waals surface area contributed by atoms with E-state index in [2.05, 4.69) is 20.8 Å². The number of nitrogens with one attached hydrogen (secondary N) is 2. The number of methoxy groups -OCH3 is 1. The second-order valence-corrected chi connectivity index (χ2v) is 5.68. The first kappa shape index (κ1) is 18.2. The van der Waals surface area contributed by atoms with Crippen LogP contribution in [0.3, 0.4) is 0 Å². The SMILES string of the molecule is COCCn1cnnc1C(C)NC(=O)Nc1cc(C)c(F)cc1Cl. The number of carbonyl (C=O) groups excluding carboxylic acids is 1. The second kappa shape index (κ2) is 8.07. The minimum Gasteiger partial charge on any atom is -0.383 e. The Labute approximate surface area is 144 Å². The molecule has 0 fully saturated rings. The predicted octanol–water partition coefficient (Wildman–Crippen LogP) is 2.91. The van der Waals surface area contributed by atoms with Gasteiger partial charge in [0.2, 0.25) is 0 Å². The summed E-state index contributed by atoms with van der Waals surface area (Å²) in [6.07, 6.45) is 1.57. The van der Waals surface area contributed by atoms with Crippen molar-refractivity contribution in [2.24, 2.45) is 0 Å². The topological polar surface area (TPSA) is 81.1 Å². The molecule has 0 bridgehead atoms. The molecule has 0 aliphatic heterocycles. The van der Waals surface area contributed by atoms with Crippen LogP contribution in [-0.4, -0.2) is 34.5 Å². The Kier molecular flexibility index (Phi) is 6.10. The molecule has 24 heavy (non-hydrogen) atoms. The second-order valence-electron chi connectivity index (χ2n) is 5.28. The maximum atomic E-state index is 13.4. The van der Waals surface area contributed by atoms with Crippen LogP contribution in [0.15, 0.2) is 18.5 Å². The minimum absolute atomic E-state index is 0.129. The highest BCUT2D eigenvalue weighted by molar-refractivity contribution is 6.33. The minimum atomic E-state index is -0.475. The summed E-state index contributed by atoms with van der Waals surface area (Å²) in [5, 5.41) is 13.3. The molecule has 0 spiro atoms. The Bertz CT molecular complexity index is 722. The molecule has 0 aliphatic rings. The first-order chi connectivity index (χ1) is 11.4. The van der Waals surface area contributed by atoms with Crippen molar-refractivity contribution in [1.82, 2.24) is 20.1 Å². The molecule has 1 unspecified atom stereocenters. The first-order valence-corrected chi connectivity index (χ1v) is 7.70. The molecule has 7 nitrogen and oxygen atoms in total. The summed E-state index contributed by atoms with van der Waals surface area (Å²) in [4.78, 5) is 12.1. The number of anilines is 1. The van der Waals surface area contributed by atoms with E-state index in [9.17, 15) is 9.18 Å². The van der Waals surface area contributed by atoms with Gasteiger partial charge in [0, 0.05) is 13.7 Å². The summed E-state index contributed by atoms with van der Waals surface area (Å²) < 4.78 is 20.2. The molecule has 0 saturated heterocycles. The third-order valence-electron chi connectivity index (χ3n) is 3.41. The summed E-state index contributed by atoms with van der Waals surface area (Å²) in [5.74, 6) is 0.175. The fourth-order valence-electron chi connectivity index (χ4n) is 2.13. The van der Waals surface area contributed by atoms with Crippen molar-refractivity contribution in [3.8, 4) is 0 Å². The molecule has 2 aromatic rings. The zero-order valence-corrected chi connectivity index (χ0v) is 14.4. The number of hydrogen-bond acceptors (Lipinski definition) is 4. The zero-order chi connectivity index (χ0) is 17.7. The largest absolute Gasteiger partial charge is 0.383 e. The number of carbonyl (C=O) groups is 1. The molecule has 2 N–H and O–H groups in total. The Morgan fingerprint density at radius 2 is 2.25 bits per heavy atom. The van der Waals surface area contributed by atoms with Crippen LogP contribution < -0.4 is 10.6 Å². The number of ether oxygens (including phenoxy) is 1. The van der Waals surface area contributed by atoms with Gasteiger partial charge in [-0.3, -0.25) is 0 Å². The summed E-state index contributed by atoms with van der Waals surface area (Å²) in [5.41, 5.74) is 0.725. The lowest BCUT2D eigenvalue weighted by Gasteiger charge is -2.16. The number of urea groups is 1. The van der Waals surface area contributed by atoms with Gasteiger partial charge in [-0.25, -0.2) is 9.18 Å². The third-order valence-corrected chi connectivity index (χ3v) is 3.73. The number of aryl methyl sites for hydroxylation is 1. The summed E-state index contributed by atoms with van der Waals surface area (Å²) in [6.45, 7) is 4.46. The molecule has 0 aliphatic carbocycles. The predicted molar refractivity (Wildman–Crippen MR) is 88.6 cm³/mol. The van der Waals surface area contributed by atoms with E-state index in [0.717, 1.165) is 6.07 Å². The highest BCUT2D eigenvalue weighted by atomic mass is 35.5. The molecule has 2 rings (SSSR count). The average Bonchev–Trinajstić information content (AvgIpc) is 2.99. The molecular formula is C15H19ClFN5O2. The monoisotopic (exact) mass is 355 g/mol. The molecule has 1 atom stereocenters. The van der Waals surface area contributed by atoms with Crippen molar-refractivity contribution in [2.75, 3.05) is 19.0 Å². The number of hydrogen-bond donors (Lipinski definition) is 2. The molecule has 1 aromatic carbocycles. The van der Waals surface area contributed by atoms with Crippen molar-refractivity contribution in [2.45, 2.75) is 26.4 Å². The van der Waals surface area contributed by atoms with Gasteiger partial charge in [0.25, 0.3) is 0 Å². The summed E-state index contributed by atoms with van der Waals surface area (Å²) in [7, 11) is 1.60. The molecular weight excluding hydrogens is 337 g/mol.